The largest absolute Gasteiger partial charge is 0.466 e. The maximum Gasteiger partial charge on any atom is 0.278 e. The Balaban J connectivity index is 2.39. The summed E-state index contributed by atoms with van der Waals surface area (Å²) in [5, 5.41) is -0.219. The van der Waals surface area contributed by atoms with Gasteiger partial charge in [-0.15, -0.1) is 0 Å². The van der Waals surface area contributed by atoms with Gasteiger partial charge in [-0.3, -0.25) is 4.79 Å². The summed E-state index contributed by atoms with van der Waals surface area (Å²) in [6, 6.07) is 3.84. The number of amides is 1. The predicted molar refractivity (Wildman–Crippen MR) is 54.2 cm³/mol. The second-order valence-corrected chi connectivity index (χ2v) is 3.35. The zero-order valence-corrected chi connectivity index (χ0v) is 8.67. The van der Waals surface area contributed by atoms with E-state index in [1.165, 1.54) is 0 Å². The fourth-order valence-corrected chi connectivity index (χ4v) is 1.09. The molecule has 0 aliphatic carbocycles. The van der Waals surface area contributed by atoms with Crippen molar-refractivity contribution in [3.8, 4) is 0 Å². The fraction of sp³-hybridized carbons (Fsp3) is 0.444. The van der Waals surface area contributed by atoms with Gasteiger partial charge >= 0.3 is 0 Å². The fourth-order valence-electron chi connectivity index (χ4n) is 0.993. The molecule has 0 unspecified atom stereocenters. The normalized spacial score (nSPS) is 10.1. The molecule has 0 aromatic carbocycles. The summed E-state index contributed by atoms with van der Waals surface area (Å²) in [4.78, 5) is 12.3. The van der Waals surface area contributed by atoms with Crippen LogP contribution in [0, 0.1) is 6.92 Å². The number of carbonyl (C=O) groups is 1. The second-order valence-electron chi connectivity index (χ2n) is 2.97. The Labute approximate surface area is 83.1 Å². The SMILES string of the molecule is Cc1ccc(CCN(C)C(=O)S)o1. The maximum absolute atomic E-state index is 10.7. The first kappa shape index (κ1) is 10.2. The lowest BCUT2D eigenvalue weighted by Crippen LogP contribution is -2.23. The van der Waals surface area contributed by atoms with Crippen LogP contribution in [0.15, 0.2) is 16.5 Å². The zero-order valence-electron chi connectivity index (χ0n) is 7.78. The van der Waals surface area contributed by atoms with Gasteiger partial charge in [-0.1, -0.05) is 12.6 Å². The zero-order chi connectivity index (χ0) is 9.84. The van der Waals surface area contributed by atoms with Crippen molar-refractivity contribution in [2.45, 2.75) is 13.3 Å². The van der Waals surface area contributed by atoms with E-state index in [9.17, 15) is 4.79 Å². The quantitative estimate of drug-likeness (QED) is 0.756. The van der Waals surface area contributed by atoms with Crippen LogP contribution in [0.4, 0.5) is 4.79 Å². The lowest BCUT2D eigenvalue weighted by Gasteiger charge is -2.11. The third-order valence-corrected chi connectivity index (χ3v) is 2.16. The molecule has 1 rings (SSSR count). The topological polar surface area (TPSA) is 33.5 Å². The molecule has 0 N–H and O–H groups in total. The van der Waals surface area contributed by atoms with Crippen LogP contribution in [0.2, 0.25) is 0 Å². The summed E-state index contributed by atoms with van der Waals surface area (Å²) in [6.07, 6.45) is 0.733. The van der Waals surface area contributed by atoms with Crippen molar-refractivity contribution in [1.29, 1.82) is 0 Å². The summed E-state index contributed by atoms with van der Waals surface area (Å²) >= 11 is 3.70. The Kier molecular flexibility index (Phi) is 3.42. The first-order valence-electron chi connectivity index (χ1n) is 4.09. The molecular formula is C9H13NO2S. The highest BCUT2D eigenvalue weighted by atomic mass is 32.1. The number of aryl methyl sites for hydroxylation is 1. The van der Waals surface area contributed by atoms with Crippen LogP contribution < -0.4 is 0 Å². The molecule has 0 saturated heterocycles. The Hall–Kier alpha value is -0.900. The minimum Gasteiger partial charge on any atom is -0.466 e. The summed E-state index contributed by atoms with van der Waals surface area (Å²) in [6.45, 7) is 2.53. The predicted octanol–water partition coefficient (Wildman–Crippen LogP) is 2.11. The lowest BCUT2D eigenvalue weighted by atomic mass is 10.3. The van der Waals surface area contributed by atoms with Gasteiger partial charge in [0, 0.05) is 20.0 Å². The van der Waals surface area contributed by atoms with E-state index in [-0.39, 0.29) is 5.24 Å². The minimum atomic E-state index is -0.219. The highest BCUT2D eigenvalue weighted by Crippen LogP contribution is 2.07. The molecular weight excluding hydrogens is 186 g/mol. The number of furan rings is 1. The van der Waals surface area contributed by atoms with Gasteiger partial charge in [-0.05, 0) is 19.1 Å². The Morgan fingerprint density at radius 1 is 1.62 bits per heavy atom. The Morgan fingerprint density at radius 3 is 2.77 bits per heavy atom. The number of rotatable bonds is 3. The molecule has 0 saturated carbocycles. The lowest BCUT2D eigenvalue weighted by molar-refractivity contribution is 0.233. The molecule has 1 aromatic rings. The van der Waals surface area contributed by atoms with Crippen LogP contribution in [-0.2, 0) is 6.42 Å². The number of likely N-dealkylation sites (N-methyl/N-ethyl adjacent to an activating group) is 1. The van der Waals surface area contributed by atoms with Crippen molar-refractivity contribution in [2.75, 3.05) is 13.6 Å². The van der Waals surface area contributed by atoms with E-state index in [2.05, 4.69) is 12.6 Å². The molecule has 0 aliphatic heterocycles. The van der Waals surface area contributed by atoms with Crippen LogP contribution >= 0.6 is 12.6 Å². The van der Waals surface area contributed by atoms with E-state index >= 15 is 0 Å². The molecule has 0 spiro atoms. The standard InChI is InChI=1S/C9H13NO2S/c1-7-3-4-8(12-7)5-6-10(2)9(11)13/h3-4H,5-6H2,1-2H3,(H,11,13). The van der Waals surface area contributed by atoms with Crippen molar-refractivity contribution in [3.63, 3.8) is 0 Å². The van der Waals surface area contributed by atoms with E-state index in [1.807, 2.05) is 19.1 Å². The Morgan fingerprint density at radius 2 is 2.31 bits per heavy atom. The monoisotopic (exact) mass is 199 g/mol. The van der Waals surface area contributed by atoms with Gasteiger partial charge in [0.15, 0.2) is 0 Å². The van der Waals surface area contributed by atoms with E-state index in [0.717, 1.165) is 17.9 Å². The maximum atomic E-state index is 10.7. The van der Waals surface area contributed by atoms with Gasteiger partial charge < -0.3 is 9.32 Å². The number of thiol groups is 1. The van der Waals surface area contributed by atoms with Gasteiger partial charge in [0.25, 0.3) is 5.24 Å². The molecule has 0 fully saturated rings. The molecule has 3 nitrogen and oxygen atoms in total. The highest BCUT2D eigenvalue weighted by molar-refractivity contribution is 7.96. The van der Waals surface area contributed by atoms with E-state index < -0.39 is 0 Å². The van der Waals surface area contributed by atoms with Gasteiger partial charge in [0.1, 0.15) is 11.5 Å². The van der Waals surface area contributed by atoms with Gasteiger partial charge in [0.05, 0.1) is 0 Å². The van der Waals surface area contributed by atoms with Crippen LogP contribution in [0.3, 0.4) is 0 Å². The van der Waals surface area contributed by atoms with Gasteiger partial charge in [0.2, 0.25) is 0 Å². The van der Waals surface area contributed by atoms with Crippen LogP contribution in [0.25, 0.3) is 0 Å². The molecule has 1 amide bonds. The van der Waals surface area contributed by atoms with Crippen molar-refractivity contribution in [1.82, 2.24) is 4.90 Å². The average Bonchev–Trinajstić information content (AvgIpc) is 2.47. The van der Waals surface area contributed by atoms with Crippen LogP contribution in [0.1, 0.15) is 11.5 Å². The van der Waals surface area contributed by atoms with Crippen molar-refractivity contribution in [3.05, 3.63) is 23.7 Å². The molecule has 13 heavy (non-hydrogen) atoms. The first-order valence-corrected chi connectivity index (χ1v) is 4.53. The number of nitrogens with zero attached hydrogens (tertiary/aromatic N) is 1. The smallest absolute Gasteiger partial charge is 0.278 e. The van der Waals surface area contributed by atoms with Crippen LogP contribution in [0.5, 0.6) is 0 Å². The highest BCUT2D eigenvalue weighted by Gasteiger charge is 2.04. The van der Waals surface area contributed by atoms with Crippen molar-refractivity contribution in [2.24, 2.45) is 0 Å². The average molecular weight is 199 g/mol. The summed E-state index contributed by atoms with van der Waals surface area (Å²) in [5.41, 5.74) is 0. The van der Waals surface area contributed by atoms with Crippen molar-refractivity contribution < 1.29 is 9.21 Å². The summed E-state index contributed by atoms with van der Waals surface area (Å²) in [5.74, 6) is 1.80. The van der Waals surface area contributed by atoms with E-state index in [1.54, 1.807) is 11.9 Å². The molecule has 0 atom stereocenters. The molecule has 4 heteroatoms. The molecule has 0 bridgehead atoms. The molecule has 0 radical (unpaired) electrons. The third-order valence-electron chi connectivity index (χ3n) is 1.82. The van der Waals surface area contributed by atoms with Crippen LogP contribution in [-0.4, -0.2) is 23.7 Å². The van der Waals surface area contributed by atoms with Gasteiger partial charge in [-0.25, -0.2) is 0 Å². The third kappa shape index (κ3) is 3.14. The Bertz CT molecular complexity index is 296. The first-order chi connectivity index (χ1) is 6.09. The summed E-state index contributed by atoms with van der Waals surface area (Å²) < 4.78 is 5.35. The molecule has 0 aliphatic rings. The molecule has 72 valence electrons. The number of carbonyl (C=O) groups excluding carboxylic acids is 1. The summed E-state index contributed by atoms with van der Waals surface area (Å²) in [7, 11) is 1.71. The molecule has 1 heterocycles. The second kappa shape index (κ2) is 4.37. The van der Waals surface area contributed by atoms with Crippen molar-refractivity contribution >= 4 is 17.9 Å². The van der Waals surface area contributed by atoms with E-state index in [4.69, 9.17) is 4.42 Å². The number of hydrogen-bond donors (Lipinski definition) is 1. The minimum absolute atomic E-state index is 0.219. The molecule has 1 aromatic heterocycles. The van der Waals surface area contributed by atoms with Gasteiger partial charge in [-0.2, -0.15) is 0 Å². The van der Waals surface area contributed by atoms with E-state index in [0.29, 0.717) is 6.54 Å². The number of hydrogen-bond acceptors (Lipinski definition) is 2.